The fraction of sp³-hybridized carbons (Fsp3) is 0.357. The van der Waals surface area contributed by atoms with E-state index < -0.39 is 0 Å². The molecule has 0 spiro atoms. The molecule has 0 radical (unpaired) electrons. The largest absolute Gasteiger partial charge is 0.356 e. The van der Waals surface area contributed by atoms with Gasteiger partial charge < -0.3 is 9.84 Å². The number of aryl methyl sites for hydroxylation is 2. The second-order valence-corrected chi connectivity index (χ2v) is 4.28. The number of rotatable bonds is 4. The molecule has 0 aliphatic rings. The minimum absolute atomic E-state index is 0.794. The molecule has 0 bridgehead atoms. The van der Waals surface area contributed by atoms with Crippen LogP contribution in [0, 0.1) is 13.8 Å². The summed E-state index contributed by atoms with van der Waals surface area (Å²) in [5.41, 5.74) is 4.72. The summed E-state index contributed by atoms with van der Waals surface area (Å²) in [6.07, 6.45) is 1.79. The Kier molecular flexibility index (Phi) is 3.59. The Morgan fingerprint density at radius 3 is 2.82 bits per heavy atom. The van der Waals surface area contributed by atoms with Gasteiger partial charge in [-0.1, -0.05) is 35.8 Å². The number of nitrogens with zero attached hydrogens (tertiary/aromatic N) is 1. The quantitative estimate of drug-likeness (QED) is 0.877. The molecule has 0 fully saturated rings. The molecule has 0 atom stereocenters. The number of hydrogen-bond donors (Lipinski definition) is 1. The van der Waals surface area contributed by atoms with E-state index in [1.165, 1.54) is 11.1 Å². The third-order valence-electron chi connectivity index (χ3n) is 2.84. The van der Waals surface area contributed by atoms with E-state index in [1.807, 2.05) is 0 Å². The lowest BCUT2D eigenvalue weighted by Gasteiger charge is -2.06. The maximum absolute atomic E-state index is 5.38. The van der Waals surface area contributed by atoms with Gasteiger partial charge in [0, 0.05) is 17.7 Å². The number of benzene rings is 1. The van der Waals surface area contributed by atoms with Crippen LogP contribution in [0.1, 0.15) is 23.6 Å². The maximum Gasteiger partial charge on any atom is 0.171 e. The van der Waals surface area contributed by atoms with Crippen LogP contribution in [-0.4, -0.2) is 11.7 Å². The zero-order valence-corrected chi connectivity index (χ0v) is 10.6. The summed E-state index contributed by atoms with van der Waals surface area (Å²) in [7, 11) is 0. The van der Waals surface area contributed by atoms with Crippen molar-refractivity contribution in [3.05, 3.63) is 41.1 Å². The van der Waals surface area contributed by atoms with E-state index in [0.717, 1.165) is 30.0 Å². The predicted molar refractivity (Wildman–Crippen MR) is 68.8 cm³/mol. The normalized spacial score (nSPS) is 10.8. The highest BCUT2D eigenvalue weighted by atomic mass is 16.5. The molecule has 0 saturated carbocycles. The SMILES string of the molecule is CCNCc1cnoc1-c1ccc(C)cc1C. The molecule has 0 aliphatic heterocycles. The van der Waals surface area contributed by atoms with Gasteiger partial charge in [-0.15, -0.1) is 0 Å². The van der Waals surface area contributed by atoms with Gasteiger partial charge in [0.15, 0.2) is 5.76 Å². The first-order chi connectivity index (χ1) is 8.22. The van der Waals surface area contributed by atoms with Crippen molar-refractivity contribution in [2.24, 2.45) is 0 Å². The van der Waals surface area contributed by atoms with Crippen molar-refractivity contribution in [3.63, 3.8) is 0 Å². The molecule has 17 heavy (non-hydrogen) atoms. The van der Waals surface area contributed by atoms with Gasteiger partial charge in [0.2, 0.25) is 0 Å². The van der Waals surface area contributed by atoms with Gasteiger partial charge in [-0.25, -0.2) is 0 Å². The summed E-state index contributed by atoms with van der Waals surface area (Å²) in [5, 5.41) is 7.19. The monoisotopic (exact) mass is 230 g/mol. The van der Waals surface area contributed by atoms with Gasteiger partial charge in [-0.2, -0.15) is 0 Å². The van der Waals surface area contributed by atoms with Gasteiger partial charge in [0.25, 0.3) is 0 Å². The van der Waals surface area contributed by atoms with Gasteiger partial charge in [-0.05, 0) is 26.0 Å². The smallest absolute Gasteiger partial charge is 0.171 e. The molecule has 2 aromatic rings. The summed E-state index contributed by atoms with van der Waals surface area (Å²) < 4.78 is 5.38. The third-order valence-corrected chi connectivity index (χ3v) is 2.84. The van der Waals surface area contributed by atoms with E-state index in [2.05, 4.69) is 49.4 Å². The Morgan fingerprint density at radius 2 is 2.12 bits per heavy atom. The van der Waals surface area contributed by atoms with Crippen molar-refractivity contribution >= 4 is 0 Å². The first-order valence-corrected chi connectivity index (χ1v) is 5.94. The van der Waals surface area contributed by atoms with Gasteiger partial charge in [-0.3, -0.25) is 0 Å². The van der Waals surface area contributed by atoms with Crippen LogP contribution in [0.15, 0.2) is 28.9 Å². The van der Waals surface area contributed by atoms with Crippen LogP contribution >= 0.6 is 0 Å². The third kappa shape index (κ3) is 2.56. The second-order valence-electron chi connectivity index (χ2n) is 4.28. The summed E-state index contributed by atoms with van der Waals surface area (Å²) in [6, 6.07) is 6.36. The van der Waals surface area contributed by atoms with Crippen LogP contribution in [-0.2, 0) is 6.54 Å². The molecular formula is C14H18N2O. The molecule has 1 N–H and O–H groups in total. The summed E-state index contributed by atoms with van der Waals surface area (Å²) in [6.45, 7) is 8.02. The van der Waals surface area contributed by atoms with Crippen molar-refractivity contribution in [1.82, 2.24) is 10.5 Å². The highest BCUT2D eigenvalue weighted by molar-refractivity contribution is 5.65. The van der Waals surface area contributed by atoms with E-state index in [0.29, 0.717) is 0 Å². The van der Waals surface area contributed by atoms with Gasteiger partial charge in [0.05, 0.1) is 6.20 Å². The first-order valence-electron chi connectivity index (χ1n) is 5.94. The molecule has 3 heteroatoms. The maximum atomic E-state index is 5.38. The average Bonchev–Trinajstić information content (AvgIpc) is 2.74. The van der Waals surface area contributed by atoms with Gasteiger partial charge >= 0.3 is 0 Å². The van der Waals surface area contributed by atoms with E-state index in [1.54, 1.807) is 6.20 Å². The molecule has 2 rings (SSSR count). The molecule has 0 saturated heterocycles. The van der Waals surface area contributed by atoms with E-state index >= 15 is 0 Å². The van der Waals surface area contributed by atoms with Crippen molar-refractivity contribution in [3.8, 4) is 11.3 Å². The lowest BCUT2D eigenvalue weighted by atomic mass is 10.0. The van der Waals surface area contributed by atoms with Crippen LogP contribution < -0.4 is 5.32 Å². The Bertz CT molecular complexity index is 503. The average molecular weight is 230 g/mol. The van der Waals surface area contributed by atoms with Crippen LogP contribution in [0.3, 0.4) is 0 Å². The van der Waals surface area contributed by atoms with Crippen molar-refractivity contribution in [2.75, 3.05) is 6.54 Å². The predicted octanol–water partition coefficient (Wildman–Crippen LogP) is 3.07. The zero-order valence-electron chi connectivity index (χ0n) is 10.6. The summed E-state index contributed by atoms with van der Waals surface area (Å²) in [4.78, 5) is 0. The summed E-state index contributed by atoms with van der Waals surface area (Å²) >= 11 is 0. The number of hydrogen-bond acceptors (Lipinski definition) is 3. The van der Waals surface area contributed by atoms with Crippen LogP contribution in [0.5, 0.6) is 0 Å². The molecule has 0 aliphatic carbocycles. The topological polar surface area (TPSA) is 38.1 Å². The molecule has 1 aromatic heterocycles. The molecule has 0 amide bonds. The van der Waals surface area contributed by atoms with Crippen molar-refractivity contribution in [1.29, 1.82) is 0 Å². The second kappa shape index (κ2) is 5.15. The van der Waals surface area contributed by atoms with Crippen LogP contribution in [0.4, 0.5) is 0 Å². The minimum atomic E-state index is 0.794. The van der Waals surface area contributed by atoms with E-state index in [4.69, 9.17) is 4.52 Å². The molecule has 90 valence electrons. The fourth-order valence-electron chi connectivity index (χ4n) is 1.94. The fourth-order valence-corrected chi connectivity index (χ4v) is 1.94. The molecule has 0 unspecified atom stereocenters. The van der Waals surface area contributed by atoms with Crippen LogP contribution in [0.25, 0.3) is 11.3 Å². The number of nitrogens with one attached hydrogen (secondary N) is 1. The Morgan fingerprint density at radius 1 is 1.29 bits per heavy atom. The van der Waals surface area contributed by atoms with Crippen molar-refractivity contribution in [2.45, 2.75) is 27.3 Å². The lowest BCUT2D eigenvalue weighted by Crippen LogP contribution is -2.11. The standard InChI is InChI=1S/C14H18N2O/c1-4-15-8-12-9-16-17-14(12)13-6-5-10(2)7-11(13)3/h5-7,9,15H,4,8H2,1-3H3. The Labute approximate surface area is 102 Å². The minimum Gasteiger partial charge on any atom is -0.356 e. The molecular weight excluding hydrogens is 212 g/mol. The van der Waals surface area contributed by atoms with E-state index in [9.17, 15) is 0 Å². The number of aromatic nitrogens is 1. The lowest BCUT2D eigenvalue weighted by molar-refractivity contribution is 0.431. The highest BCUT2D eigenvalue weighted by Gasteiger charge is 2.12. The van der Waals surface area contributed by atoms with Gasteiger partial charge in [0.1, 0.15) is 0 Å². The Hall–Kier alpha value is -1.61. The highest BCUT2D eigenvalue weighted by Crippen LogP contribution is 2.27. The zero-order chi connectivity index (χ0) is 12.3. The first kappa shape index (κ1) is 11.9. The molecule has 3 nitrogen and oxygen atoms in total. The van der Waals surface area contributed by atoms with E-state index in [-0.39, 0.29) is 0 Å². The van der Waals surface area contributed by atoms with Crippen LogP contribution in [0.2, 0.25) is 0 Å². The summed E-state index contributed by atoms with van der Waals surface area (Å²) in [5.74, 6) is 0.878. The molecule has 1 aromatic carbocycles. The Balaban J connectivity index is 2.35. The van der Waals surface area contributed by atoms with Crippen molar-refractivity contribution < 1.29 is 4.52 Å². The molecule has 1 heterocycles.